The first-order valence-electron chi connectivity index (χ1n) is 6.93. The number of rotatable bonds is 7. The fourth-order valence-corrected chi connectivity index (χ4v) is 1.79. The van der Waals surface area contributed by atoms with Crippen LogP contribution in [-0.2, 0) is 6.42 Å². The molecule has 0 saturated heterocycles. The van der Waals surface area contributed by atoms with Crippen molar-refractivity contribution in [1.82, 2.24) is 10.6 Å². The fraction of sp³-hybridized carbons (Fsp3) is 0.625. The van der Waals surface area contributed by atoms with Crippen molar-refractivity contribution in [2.45, 2.75) is 45.6 Å². The van der Waals surface area contributed by atoms with E-state index >= 15 is 0 Å². The maximum atomic E-state index is 3.50. The first-order chi connectivity index (χ1) is 8.44. The number of hydrogen-bond acceptors (Lipinski definition) is 2. The monoisotopic (exact) mass is 248 g/mol. The predicted octanol–water partition coefficient (Wildman–Crippen LogP) is 2.94. The van der Waals surface area contributed by atoms with Crippen LogP contribution in [-0.4, -0.2) is 25.7 Å². The van der Waals surface area contributed by atoms with Gasteiger partial charge >= 0.3 is 0 Å². The van der Waals surface area contributed by atoms with Gasteiger partial charge in [-0.2, -0.15) is 0 Å². The molecule has 0 fully saturated rings. The second-order valence-electron chi connectivity index (χ2n) is 5.96. The highest BCUT2D eigenvalue weighted by Gasteiger charge is 2.12. The largest absolute Gasteiger partial charge is 0.315 e. The fourth-order valence-electron chi connectivity index (χ4n) is 1.79. The van der Waals surface area contributed by atoms with Crippen molar-refractivity contribution in [1.29, 1.82) is 0 Å². The van der Waals surface area contributed by atoms with E-state index in [0.717, 1.165) is 19.5 Å². The molecule has 0 heterocycles. The zero-order chi connectivity index (χ0) is 13.6. The molecule has 0 radical (unpaired) electrons. The zero-order valence-corrected chi connectivity index (χ0v) is 12.5. The van der Waals surface area contributed by atoms with Gasteiger partial charge in [0.25, 0.3) is 0 Å². The van der Waals surface area contributed by atoms with Crippen molar-refractivity contribution >= 4 is 0 Å². The van der Waals surface area contributed by atoms with Crippen molar-refractivity contribution in [3.63, 3.8) is 0 Å². The standard InChI is InChI=1S/C16H28N2/c1-13(2)15-8-6-14(7-9-15)10-11-18-12-16(3,4)17-5/h6-9,13,17-18H,10-12H2,1-5H3. The van der Waals surface area contributed by atoms with Crippen LogP contribution in [0.25, 0.3) is 0 Å². The Hall–Kier alpha value is -0.860. The van der Waals surface area contributed by atoms with Gasteiger partial charge in [0.15, 0.2) is 0 Å². The summed E-state index contributed by atoms with van der Waals surface area (Å²) in [4.78, 5) is 0. The average Bonchev–Trinajstić information content (AvgIpc) is 2.35. The van der Waals surface area contributed by atoms with Crippen LogP contribution in [0.1, 0.15) is 44.7 Å². The summed E-state index contributed by atoms with van der Waals surface area (Å²) in [6, 6.07) is 9.00. The molecule has 2 heteroatoms. The van der Waals surface area contributed by atoms with Crippen molar-refractivity contribution < 1.29 is 0 Å². The molecule has 0 spiro atoms. The van der Waals surface area contributed by atoms with Crippen LogP contribution in [0.2, 0.25) is 0 Å². The van der Waals surface area contributed by atoms with E-state index in [-0.39, 0.29) is 5.54 Å². The summed E-state index contributed by atoms with van der Waals surface area (Å²) in [5.41, 5.74) is 3.00. The Balaban J connectivity index is 2.32. The summed E-state index contributed by atoms with van der Waals surface area (Å²) >= 11 is 0. The van der Waals surface area contributed by atoms with Gasteiger partial charge in [0, 0.05) is 12.1 Å². The van der Waals surface area contributed by atoms with E-state index in [2.05, 4.69) is 62.6 Å². The molecule has 0 aliphatic rings. The second-order valence-corrected chi connectivity index (χ2v) is 5.96. The molecule has 0 saturated carbocycles. The molecule has 0 unspecified atom stereocenters. The highest BCUT2D eigenvalue weighted by molar-refractivity contribution is 5.24. The molecular weight excluding hydrogens is 220 g/mol. The minimum atomic E-state index is 0.168. The highest BCUT2D eigenvalue weighted by atomic mass is 15.0. The Labute approximate surface area is 112 Å². The molecule has 18 heavy (non-hydrogen) atoms. The molecule has 0 aliphatic heterocycles. The van der Waals surface area contributed by atoms with Crippen LogP contribution < -0.4 is 10.6 Å². The second kappa shape index (κ2) is 6.91. The van der Waals surface area contributed by atoms with E-state index in [9.17, 15) is 0 Å². The van der Waals surface area contributed by atoms with Crippen LogP contribution in [0.4, 0.5) is 0 Å². The maximum Gasteiger partial charge on any atom is 0.0246 e. The number of hydrogen-bond donors (Lipinski definition) is 2. The Bertz CT molecular complexity index is 339. The van der Waals surface area contributed by atoms with Crippen molar-refractivity contribution in [3.8, 4) is 0 Å². The van der Waals surface area contributed by atoms with Crippen LogP contribution in [0.5, 0.6) is 0 Å². The first kappa shape index (κ1) is 15.2. The minimum absolute atomic E-state index is 0.168. The third-order valence-corrected chi connectivity index (χ3v) is 3.48. The molecule has 0 amide bonds. The summed E-state index contributed by atoms with van der Waals surface area (Å²) < 4.78 is 0. The van der Waals surface area contributed by atoms with E-state index in [1.807, 2.05) is 7.05 Å². The molecule has 102 valence electrons. The molecule has 1 rings (SSSR count). The third-order valence-electron chi connectivity index (χ3n) is 3.48. The molecule has 2 nitrogen and oxygen atoms in total. The zero-order valence-electron chi connectivity index (χ0n) is 12.5. The van der Waals surface area contributed by atoms with Crippen LogP contribution in [0.15, 0.2) is 24.3 Å². The molecule has 0 atom stereocenters. The van der Waals surface area contributed by atoms with Gasteiger partial charge in [-0.25, -0.2) is 0 Å². The SMILES string of the molecule is CNC(C)(C)CNCCc1ccc(C(C)C)cc1. The lowest BCUT2D eigenvalue weighted by Gasteiger charge is -2.24. The molecule has 2 N–H and O–H groups in total. The van der Waals surface area contributed by atoms with Gasteiger partial charge in [-0.3, -0.25) is 0 Å². The molecular formula is C16H28N2. The third kappa shape index (κ3) is 5.19. The van der Waals surface area contributed by atoms with Gasteiger partial charge in [-0.05, 0) is 50.9 Å². The molecule has 1 aromatic rings. The van der Waals surface area contributed by atoms with Crippen LogP contribution in [0, 0.1) is 0 Å². The van der Waals surface area contributed by atoms with E-state index in [4.69, 9.17) is 0 Å². The topological polar surface area (TPSA) is 24.1 Å². The summed E-state index contributed by atoms with van der Waals surface area (Å²) in [6.45, 7) is 10.9. The molecule has 0 aliphatic carbocycles. The smallest absolute Gasteiger partial charge is 0.0246 e. The van der Waals surface area contributed by atoms with Crippen molar-refractivity contribution in [2.75, 3.05) is 20.1 Å². The minimum Gasteiger partial charge on any atom is -0.315 e. The van der Waals surface area contributed by atoms with Crippen molar-refractivity contribution in [3.05, 3.63) is 35.4 Å². The lowest BCUT2D eigenvalue weighted by atomic mass is 10.0. The molecule has 0 bridgehead atoms. The van der Waals surface area contributed by atoms with E-state index < -0.39 is 0 Å². The maximum absolute atomic E-state index is 3.50. The lowest BCUT2D eigenvalue weighted by molar-refractivity contribution is 0.395. The van der Waals surface area contributed by atoms with Gasteiger partial charge in [-0.15, -0.1) is 0 Å². The number of nitrogens with one attached hydrogen (secondary N) is 2. The van der Waals surface area contributed by atoms with Crippen LogP contribution in [0.3, 0.4) is 0 Å². The Kier molecular flexibility index (Phi) is 5.83. The van der Waals surface area contributed by atoms with Gasteiger partial charge in [0.05, 0.1) is 0 Å². The Morgan fingerprint density at radius 2 is 1.72 bits per heavy atom. The predicted molar refractivity (Wildman–Crippen MR) is 80.2 cm³/mol. The quantitative estimate of drug-likeness (QED) is 0.725. The summed E-state index contributed by atoms with van der Waals surface area (Å²) in [6.07, 6.45) is 1.10. The van der Waals surface area contributed by atoms with E-state index in [1.54, 1.807) is 0 Å². The van der Waals surface area contributed by atoms with Gasteiger partial charge in [0.2, 0.25) is 0 Å². The summed E-state index contributed by atoms with van der Waals surface area (Å²) in [5.74, 6) is 0.619. The van der Waals surface area contributed by atoms with E-state index in [0.29, 0.717) is 5.92 Å². The molecule has 0 aromatic heterocycles. The summed E-state index contributed by atoms with van der Waals surface area (Å²) in [5, 5.41) is 6.80. The number of benzene rings is 1. The van der Waals surface area contributed by atoms with Gasteiger partial charge in [-0.1, -0.05) is 38.1 Å². The summed E-state index contributed by atoms with van der Waals surface area (Å²) in [7, 11) is 2.01. The number of likely N-dealkylation sites (N-methyl/N-ethyl adjacent to an activating group) is 1. The highest BCUT2D eigenvalue weighted by Crippen LogP contribution is 2.14. The first-order valence-corrected chi connectivity index (χ1v) is 6.93. The lowest BCUT2D eigenvalue weighted by Crippen LogP contribution is -2.46. The van der Waals surface area contributed by atoms with Gasteiger partial charge < -0.3 is 10.6 Å². The normalized spacial score (nSPS) is 12.1. The van der Waals surface area contributed by atoms with Gasteiger partial charge in [0.1, 0.15) is 0 Å². The average molecular weight is 248 g/mol. The Morgan fingerprint density at radius 3 is 2.22 bits per heavy atom. The van der Waals surface area contributed by atoms with E-state index in [1.165, 1.54) is 11.1 Å². The Morgan fingerprint density at radius 1 is 1.11 bits per heavy atom. The van der Waals surface area contributed by atoms with Crippen LogP contribution >= 0.6 is 0 Å². The molecule has 1 aromatic carbocycles. The van der Waals surface area contributed by atoms with Crippen molar-refractivity contribution in [2.24, 2.45) is 0 Å².